The number of aromatic nitrogens is 1. The zero-order valence-electron chi connectivity index (χ0n) is 26.3. The summed E-state index contributed by atoms with van der Waals surface area (Å²) in [7, 11) is 4.24. The lowest BCUT2D eigenvalue weighted by molar-refractivity contribution is 0.102. The number of likely N-dealkylation sites (tertiary alicyclic amines) is 1. The number of aliphatic imine (C=N–C) groups is 3. The van der Waals surface area contributed by atoms with Gasteiger partial charge in [0.05, 0.1) is 6.21 Å². The van der Waals surface area contributed by atoms with E-state index in [1.54, 1.807) is 30.6 Å². The van der Waals surface area contributed by atoms with Crippen LogP contribution in [-0.2, 0) is 5.41 Å². The number of piperidine rings is 1. The maximum Gasteiger partial charge on any atom is 0.255 e. The molecular formula is C33H45N9O. The molecule has 0 aliphatic carbocycles. The standard InChI is InChI=1S/C33H45N9O/c1-8-35-27-21-37-32(42-17-13-23(14-18-42)12-16-41(6)7)40-29(27)30(34)39-26-19-24(10-9-22(26)2)31(43)38-25-11-15-36-28(20-25)33(3,4)5/h8-11,15,19-21,23,39H,1,12-14,16-18,34H2,2-7H3,(H,36,38,43)/b30-29-,35-27-. The number of hydrogen-bond donors (Lipinski definition) is 3. The first-order valence-corrected chi connectivity index (χ1v) is 14.8. The van der Waals surface area contributed by atoms with Crippen molar-refractivity contribution in [2.75, 3.05) is 44.4 Å². The molecule has 0 radical (unpaired) electrons. The molecule has 1 saturated heterocycles. The van der Waals surface area contributed by atoms with Gasteiger partial charge in [-0.1, -0.05) is 33.4 Å². The van der Waals surface area contributed by atoms with Gasteiger partial charge in [0.1, 0.15) is 17.2 Å². The number of allylic oxidation sites excluding steroid dienone is 1. The van der Waals surface area contributed by atoms with E-state index >= 15 is 0 Å². The van der Waals surface area contributed by atoms with Crippen molar-refractivity contribution >= 4 is 35.2 Å². The molecule has 2 aliphatic rings. The Morgan fingerprint density at radius 1 is 1.19 bits per heavy atom. The molecule has 1 fully saturated rings. The fourth-order valence-electron chi connectivity index (χ4n) is 5.00. The molecular weight excluding hydrogens is 538 g/mol. The van der Waals surface area contributed by atoms with Crippen LogP contribution in [0, 0.1) is 12.8 Å². The number of aryl methyl sites for hydroxylation is 1. The number of nitrogens with two attached hydrogens (primary N) is 1. The first-order valence-electron chi connectivity index (χ1n) is 14.8. The molecule has 0 saturated carbocycles. The Hall–Kier alpha value is -4.31. The van der Waals surface area contributed by atoms with Crippen molar-refractivity contribution in [3.8, 4) is 0 Å². The molecule has 4 rings (SSSR count). The summed E-state index contributed by atoms with van der Waals surface area (Å²) < 4.78 is 0. The zero-order chi connectivity index (χ0) is 31.1. The minimum atomic E-state index is -0.228. The number of carbonyl (C=O) groups is 1. The van der Waals surface area contributed by atoms with Gasteiger partial charge in [0.2, 0.25) is 5.96 Å². The highest BCUT2D eigenvalue weighted by Crippen LogP contribution is 2.25. The van der Waals surface area contributed by atoms with E-state index < -0.39 is 0 Å². The fourth-order valence-corrected chi connectivity index (χ4v) is 5.00. The van der Waals surface area contributed by atoms with Crippen molar-refractivity contribution < 1.29 is 4.79 Å². The first-order chi connectivity index (χ1) is 20.4. The number of nitrogens with zero attached hydrogens (tertiary/aromatic N) is 6. The number of hydrogen-bond acceptors (Lipinski definition) is 9. The molecule has 2 aliphatic heterocycles. The third kappa shape index (κ3) is 8.38. The van der Waals surface area contributed by atoms with E-state index in [9.17, 15) is 4.79 Å². The number of amides is 1. The Morgan fingerprint density at radius 3 is 2.60 bits per heavy atom. The molecule has 4 N–H and O–H groups in total. The van der Waals surface area contributed by atoms with Crippen molar-refractivity contribution in [2.45, 2.75) is 52.4 Å². The van der Waals surface area contributed by atoms with Gasteiger partial charge in [0, 0.05) is 53.5 Å². The predicted molar refractivity (Wildman–Crippen MR) is 178 cm³/mol. The number of rotatable bonds is 8. The Labute approximate surface area is 255 Å². The molecule has 2 aromatic rings. The van der Waals surface area contributed by atoms with Crippen LogP contribution in [0.5, 0.6) is 0 Å². The smallest absolute Gasteiger partial charge is 0.255 e. The molecule has 1 aromatic heterocycles. The van der Waals surface area contributed by atoms with Crippen molar-refractivity contribution in [3.63, 3.8) is 0 Å². The summed E-state index contributed by atoms with van der Waals surface area (Å²) in [6.07, 6.45) is 8.26. The van der Waals surface area contributed by atoms with Crippen molar-refractivity contribution in [1.82, 2.24) is 14.8 Å². The number of pyridine rings is 1. The maximum atomic E-state index is 13.2. The van der Waals surface area contributed by atoms with Crippen molar-refractivity contribution in [1.29, 1.82) is 0 Å². The first kappa shape index (κ1) is 31.6. The van der Waals surface area contributed by atoms with Gasteiger partial charge < -0.3 is 26.2 Å². The highest BCUT2D eigenvalue weighted by atomic mass is 16.1. The summed E-state index contributed by atoms with van der Waals surface area (Å²) in [6, 6.07) is 9.16. The van der Waals surface area contributed by atoms with Crippen LogP contribution in [0.4, 0.5) is 11.4 Å². The molecule has 10 nitrogen and oxygen atoms in total. The van der Waals surface area contributed by atoms with E-state index in [0.717, 1.165) is 43.7 Å². The molecule has 10 heteroatoms. The number of guanidine groups is 1. The average molecular weight is 584 g/mol. The second kappa shape index (κ2) is 13.8. The minimum absolute atomic E-state index is 0.130. The summed E-state index contributed by atoms with van der Waals surface area (Å²) in [5.41, 5.74) is 11.2. The van der Waals surface area contributed by atoms with E-state index in [0.29, 0.717) is 46.0 Å². The summed E-state index contributed by atoms with van der Waals surface area (Å²) in [6.45, 7) is 14.8. The Morgan fingerprint density at radius 2 is 1.93 bits per heavy atom. The van der Waals surface area contributed by atoms with Gasteiger partial charge in [-0.15, -0.1) is 0 Å². The third-order valence-corrected chi connectivity index (χ3v) is 7.68. The zero-order valence-corrected chi connectivity index (χ0v) is 26.3. The van der Waals surface area contributed by atoms with E-state index in [1.807, 2.05) is 19.1 Å². The highest BCUT2D eigenvalue weighted by molar-refractivity contribution is 6.41. The van der Waals surface area contributed by atoms with Crippen molar-refractivity contribution in [3.05, 3.63) is 77.6 Å². The summed E-state index contributed by atoms with van der Waals surface area (Å²) >= 11 is 0. The van der Waals surface area contributed by atoms with Gasteiger partial charge in [-0.25, -0.2) is 9.98 Å². The molecule has 43 heavy (non-hydrogen) atoms. The largest absolute Gasteiger partial charge is 0.383 e. The van der Waals surface area contributed by atoms with E-state index in [1.165, 1.54) is 12.6 Å². The highest BCUT2D eigenvalue weighted by Gasteiger charge is 2.25. The van der Waals surface area contributed by atoms with Gasteiger partial charge in [-0.05, 0) is 82.6 Å². The van der Waals surface area contributed by atoms with Crippen LogP contribution < -0.4 is 16.4 Å². The second-order valence-corrected chi connectivity index (χ2v) is 12.4. The van der Waals surface area contributed by atoms with Crippen LogP contribution in [0.2, 0.25) is 0 Å². The average Bonchev–Trinajstić information content (AvgIpc) is 2.97. The summed E-state index contributed by atoms with van der Waals surface area (Å²) in [5.74, 6) is 1.42. The van der Waals surface area contributed by atoms with E-state index in [4.69, 9.17) is 10.7 Å². The molecule has 1 aromatic carbocycles. The van der Waals surface area contributed by atoms with Gasteiger partial charge in [-0.2, -0.15) is 0 Å². The number of carbonyl (C=O) groups excluding carboxylic acids is 1. The van der Waals surface area contributed by atoms with Gasteiger partial charge in [0.25, 0.3) is 5.91 Å². The van der Waals surface area contributed by atoms with Crippen LogP contribution in [0.15, 0.2) is 75.8 Å². The van der Waals surface area contributed by atoms with Crippen LogP contribution in [-0.4, -0.2) is 72.3 Å². The van der Waals surface area contributed by atoms with Gasteiger partial charge in [0.15, 0.2) is 0 Å². The Bertz CT molecular complexity index is 1450. The lowest BCUT2D eigenvalue weighted by atomic mass is 9.91. The molecule has 3 heterocycles. The second-order valence-electron chi connectivity index (χ2n) is 12.4. The Kier molecular flexibility index (Phi) is 10.1. The third-order valence-electron chi connectivity index (χ3n) is 7.68. The normalized spacial score (nSPS) is 18.1. The maximum absolute atomic E-state index is 13.2. The van der Waals surface area contributed by atoms with E-state index in [-0.39, 0.29) is 11.3 Å². The SMILES string of the molecule is C=C/N=C1/C=NC(N2CCC(CCN(C)C)CC2)=N/C1=C(/N)Nc1cc(C(=O)Nc2ccnc(C(C)(C)C)c2)ccc1C. The molecule has 0 unspecified atom stereocenters. The van der Waals surface area contributed by atoms with Crippen LogP contribution in [0.25, 0.3) is 0 Å². The molecule has 0 spiro atoms. The van der Waals surface area contributed by atoms with E-state index in [2.05, 4.69) is 76.8 Å². The quantitative estimate of drug-likeness (QED) is 0.394. The van der Waals surface area contributed by atoms with Gasteiger partial charge >= 0.3 is 0 Å². The summed E-state index contributed by atoms with van der Waals surface area (Å²) in [5, 5.41) is 6.26. The van der Waals surface area contributed by atoms with Gasteiger partial charge in [-0.3, -0.25) is 14.8 Å². The lowest BCUT2D eigenvalue weighted by Crippen LogP contribution is -2.39. The molecule has 228 valence electrons. The topological polar surface area (TPSA) is 124 Å². The number of benzene rings is 1. The number of anilines is 2. The van der Waals surface area contributed by atoms with Crippen LogP contribution in [0.3, 0.4) is 0 Å². The van der Waals surface area contributed by atoms with Crippen LogP contribution in [0.1, 0.15) is 61.6 Å². The molecule has 0 bridgehead atoms. The predicted octanol–water partition coefficient (Wildman–Crippen LogP) is 5.17. The Balaban J connectivity index is 1.53. The minimum Gasteiger partial charge on any atom is -0.383 e. The fraction of sp³-hybridized carbons (Fsp3) is 0.424. The summed E-state index contributed by atoms with van der Waals surface area (Å²) in [4.78, 5) is 35.9. The lowest BCUT2D eigenvalue weighted by Gasteiger charge is -2.33. The molecule has 0 atom stereocenters. The monoisotopic (exact) mass is 583 g/mol. The molecule has 1 amide bonds. The van der Waals surface area contributed by atoms with Crippen LogP contribution >= 0.6 is 0 Å². The number of nitrogens with one attached hydrogen (secondary N) is 2. The van der Waals surface area contributed by atoms with Crippen molar-refractivity contribution in [2.24, 2.45) is 26.6 Å².